The van der Waals surface area contributed by atoms with E-state index in [-0.39, 0.29) is 23.5 Å². The molecule has 3 aromatic rings. The summed E-state index contributed by atoms with van der Waals surface area (Å²) in [6.07, 6.45) is 4.38. The van der Waals surface area contributed by atoms with Crippen LogP contribution in [0.25, 0.3) is 0 Å². The van der Waals surface area contributed by atoms with Crippen LogP contribution in [0.4, 0.5) is 0 Å². The smallest absolute Gasteiger partial charge is 0.232 e. The van der Waals surface area contributed by atoms with Crippen molar-refractivity contribution < 1.29 is 14.4 Å². The number of hydrogen-bond donors (Lipinski definition) is 1. The number of rotatable bonds is 4. The number of ketones is 1. The normalized spacial score (nSPS) is 26.6. The highest BCUT2D eigenvalue weighted by atomic mass is 16.2. The molecule has 3 aliphatic carbocycles. The molecule has 1 aliphatic heterocycles. The highest BCUT2D eigenvalue weighted by Gasteiger charge is 2.65. The molecule has 2 amide bonds. The lowest BCUT2D eigenvalue weighted by Crippen LogP contribution is -2.52. The fourth-order valence-corrected chi connectivity index (χ4v) is 6.25. The summed E-state index contributed by atoms with van der Waals surface area (Å²) >= 11 is 0. The Balaban J connectivity index is 1.57. The lowest BCUT2D eigenvalue weighted by molar-refractivity contribution is -0.126. The minimum absolute atomic E-state index is 0.115. The van der Waals surface area contributed by atoms with Crippen LogP contribution in [0.3, 0.4) is 0 Å². The second-order valence-corrected chi connectivity index (χ2v) is 9.13. The van der Waals surface area contributed by atoms with E-state index >= 15 is 0 Å². The largest absolute Gasteiger partial charge is 0.296 e. The first-order chi connectivity index (χ1) is 16.1. The monoisotopic (exact) mass is 433 g/mol. The first kappa shape index (κ1) is 19.9. The van der Waals surface area contributed by atoms with E-state index in [0.29, 0.717) is 5.56 Å². The van der Waals surface area contributed by atoms with Crippen molar-refractivity contribution in [1.29, 1.82) is 0 Å². The summed E-state index contributed by atoms with van der Waals surface area (Å²) in [5.41, 5.74) is 5.04. The Hall–Kier alpha value is -3.79. The molecule has 1 heterocycles. The van der Waals surface area contributed by atoms with Gasteiger partial charge in [-0.05, 0) is 40.3 Å². The zero-order chi connectivity index (χ0) is 22.7. The van der Waals surface area contributed by atoms with Crippen molar-refractivity contribution in [3.8, 4) is 0 Å². The third kappa shape index (κ3) is 2.61. The van der Waals surface area contributed by atoms with Crippen LogP contribution in [0.1, 0.15) is 51.0 Å². The van der Waals surface area contributed by atoms with Crippen molar-refractivity contribution in [3.05, 3.63) is 118 Å². The summed E-state index contributed by atoms with van der Waals surface area (Å²) in [5.74, 6) is -1.82. The van der Waals surface area contributed by atoms with Gasteiger partial charge >= 0.3 is 0 Å². The van der Waals surface area contributed by atoms with Crippen LogP contribution >= 0.6 is 0 Å². The van der Waals surface area contributed by atoms with Crippen LogP contribution in [-0.2, 0) is 21.4 Å². The van der Waals surface area contributed by atoms with Crippen LogP contribution in [0.15, 0.2) is 84.9 Å². The topological polar surface area (TPSA) is 63.2 Å². The average molecular weight is 434 g/mol. The second-order valence-electron chi connectivity index (χ2n) is 9.13. The van der Waals surface area contributed by atoms with Crippen molar-refractivity contribution >= 4 is 17.6 Å². The van der Waals surface area contributed by atoms with Gasteiger partial charge in [-0.3, -0.25) is 19.7 Å². The van der Waals surface area contributed by atoms with E-state index in [2.05, 4.69) is 24.4 Å². The molecule has 0 radical (unpaired) electrons. The number of aryl methyl sites for hydroxylation is 1. The highest BCUT2D eigenvalue weighted by Crippen LogP contribution is 2.63. The first-order valence-corrected chi connectivity index (χ1v) is 11.4. The minimum Gasteiger partial charge on any atom is -0.296 e. The summed E-state index contributed by atoms with van der Waals surface area (Å²) in [4.78, 5) is 39.3. The van der Waals surface area contributed by atoms with E-state index in [1.54, 1.807) is 6.08 Å². The maximum absolute atomic E-state index is 13.2. The SMILES string of the molecule is CCc1ccc(C(=O)/C=C/C23c4ccccc4C(c4ccccc42)C2C(=O)NC(=O)C23)cc1. The fraction of sp³-hybridized carbons (Fsp3) is 0.207. The number of nitrogens with one attached hydrogen (secondary N) is 1. The molecule has 33 heavy (non-hydrogen) atoms. The van der Waals surface area contributed by atoms with Crippen molar-refractivity contribution in [3.63, 3.8) is 0 Å². The van der Waals surface area contributed by atoms with E-state index in [4.69, 9.17) is 0 Å². The van der Waals surface area contributed by atoms with Gasteiger partial charge in [0.25, 0.3) is 0 Å². The molecule has 7 rings (SSSR count). The van der Waals surface area contributed by atoms with E-state index in [9.17, 15) is 14.4 Å². The van der Waals surface area contributed by atoms with Crippen LogP contribution < -0.4 is 5.32 Å². The Morgan fingerprint density at radius 1 is 0.879 bits per heavy atom. The molecule has 1 saturated heterocycles. The maximum Gasteiger partial charge on any atom is 0.232 e. The summed E-state index contributed by atoms with van der Waals surface area (Å²) < 4.78 is 0. The van der Waals surface area contributed by atoms with Gasteiger partial charge in [0.15, 0.2) is 5.78 Å². The second kappa shape index (κ2) is 7.11. The number of carbonyl (C=O) groups is 3. The highest BCUT2D eigenvalue weighted by molar-refractivity contribution is 6.09. The van der Waals surface area contributed by atoms with Gasteiger partial charge in [0.05, 0.1) is 17.3 Å². The van der Waals surface area contributed by atoms with E-state index < -0.39 is 17.3 Å². The molecule has 0 spiro atoms. The van der Waals surface area contributed by atoms with E-state index in [1.807, 2.05) is 66.7 Å². The van der Waals surface area contributed by atoms with Crippen molar-refractivity contribution in [1.82, 2.24) is 5.32 Å². The van der Waals surface area contributed by atoms with Crippen LogP contribution in [-0.4, -0.2) is 17.6 Å². The zero-order valence-electron chi connectivity index (χ0n) is 18.2. The van der Waals surface area contributed by atoms with Gasteiger partial charge in [0, 0.05) is 11.5 Å². The van der Waals surface area contributed by atoms with Crippen molar-refractivity contribution in [2.75, 3.05) is 0 Å². The number of allylic oxidation sites excluding steroid dienone is 2. The molecular formula is C29H23NO3. The number of carbonyl (C=O) groups excluding carboxylic acids is 3. The Morgan fingerprint density at radius 3 is 2.09 bits per heavy atom. The molecule has 2 bridgehead atoms. The number of amides is 2. The van der Waals surface area contributed by atoms with E-state index in [0.717, 1.165) is 28.7 Å². The van der Waals surface area contributed by atoms with Crippen LogP contribution in [0.5, 0.6) is 0 Å². The molecule has 3 aromatic carbocycles. The van der Waals surface area contributed by atoms with Crippen LogP contribution in [0, 0.1) is 11.8 Å². The molecule has 0 aromatic heterocycles. The molecule has 2 unspecified atom stereocenters. The molecule has 2 atom stereocenters. The quantitative estimate of drug-likeness (QED) is 0.379. The van der Waals surface area contributed by atoms with Gasteiger partial charge in [-0.15, -0.1) is 0 Å². The minimum atomic E-state index is -0.873. The molecule has 4 nitrogen and oxygen atoms in total. The Morgan fingerprint density at radius 2 is 1.48 bits per heavy atom. The molecule has 4 aliphatic rings. The lowest BCUT2D eigenvalue weighted by Gasteiger charge is -2.53. The molecule has 1 N–H and O–H groups in total. The summed E-state index contributed by atoms with van der Waals surface area (Å²) in [6, 6.07) is 23.7. The number of imide groups is 1. The van der Waals surface area contributed by atoms with E-state index in [1.165, 1.54) is 5.56 Å². The molecule has 0 saturated carbocycles. The predicted molar refractivity (Wildman–Crippen MR) is 125 cm³/mol. The standard InChI is InChI=1S/C29H23NO3/c1-2-17-11-13-18(14-12-17)23(31)15-16-29-21-9-5-3-7-19(21)24(20-8-4-6-10-22(20)29)25-26(29)28(33)30-27(25)32/h3-16,24-26H,2H2,1H3,(H,30,32,33)/b16-15+. The fourth-order valence-electron chi connectivity index (χ4n) is 6.25. The molecule has 1 fully saturated rings. The number of benzene rings is 3. The third-order valence-electron chi connectivity index (χ3n) is 7.67. The predicted octanol–water partition coefficient (Wildman–Crippen LogP) is 4.32. The Labute approximate surface area is 192 Å². The average Bonchev–Trinajstić information content (AvgIpc) is 3.17. The molecular weight excluding hydrogens is 410 g/mol. The van der Waals surface area contributed by atoms with Crippen LogP contribution in [0.2, 0.25) is 0 Å². The maximum atomic E-state index is 13.2. The third-order valence-corrected chi connectivity index (χ3v) is 7.67. The summed E-state index contributed by atoms with van der Waals surface area (Å²) in [5, 5.41) is 2.59. The van der Waals surface area contributed by atoms with Gasteiger partial charge < -0.3 is 0 Å². The molecule has 162 valence electrons. The molecule has 4 heteroatoms. The van der Waals surface area contributed by atoms with Crippen molar-refractivity contribution in [2.24, 2.45) is 11.8 Å². The van der Waals surface area contributed by atoms with Gasteiger partial charge in [-0.1, -0.05) is 85.8 Å². The van der Waals surface area contributed by atoms with Gasteiger partial charge in [-0.2, -0.15) is 0 Å². The summed E-state index contributed by atoms with van der Waals surface area (Å²) in [6.45, 7) is 2.08. The Bertz CT molecular complexity index is 1300. The number of hydrogen-bond acceptors (Lipinski definition) is 3. The lowest BCUT2D eigenvalue weighted by atomic mass is 9.47. The van der Waals surface area contributed by atoms with Gasteiger partial charge in [-0.25, -0.2) is 0 Å². The zero-order valence-corrected chi connectivity index (χ0v) is 18.2. The Kier molecular flexibility index (Phi) is 4.28. The van der Waals surface area contributed by atoms with Gasteiger partial charge in [0.1, 0.15) is 0 Å². The summed E-state index contributed by atoms with van der Waals surface area (Å²) in [7, 11) is 0. The van der Waals surface area contributed by atoms with Gasteiger partial charge in [0.2, 0.25) is 11.8 Å². The first-order valence-electron chi connectivity index (χ1n) is 11.4. The van der Waals surface area contributed by atoms with Crippen molar-refractivity contribution in [2.45, 2.75) is 24.7 Å².